The largest absolute Gasteiger partial charge is 0.399 e. The fourth-order valence-electron chi connectivity index (χ4n) is 2.68. The highest BCUT2D eigenvalue weighted by Gasteiger charge is 2.29. The molecule has 1 fully saturated rings. The molecule has 1 aromatic rings. The molecule has 0 bridgehead atoms. The molecular formula is C14H22N2. The molecular weight excluding hydrogens is 196 g/mol. The topological polar surface area (TPSA) is 38.0 Å². The highest BCUT2D eigenvalue weighted by atomic mass is 14.9. The summed E-state index contributed by atoms with van der Waals surface area (Å²) < 4.78 is 0. The number of nitrogen functional groups attached to an aromatic ring is 1. The molecule has 3 unspecified atom stereocenters. The Morgan fingerprint density at radius 3 is 2.50 bits per heavy atom. The molecule has 3 atom stereocenters. The van der Waals surface area contributed by atoms with Crippen LogP contribution in [-0.4, -0.2) is 6.04 Å². The highest BCUT2D eigenvalue weighted by Crippen LogP contribution is 2.33. The van der Waals surface area contributed by atoms with Gasteiger partial charge in [-0.1, -0.05) is 13.8 Å². The van der Waals surface area contributed by atoms with Crippen molar-refractivity contribution in [1.29, 1.82) is 0 Å². The van der Waals surface area contributed by atoms with Gasteiger partial charge < -0.3 is 11.1 Å². The first-order chi connectivity index (χ1) is 7.56. The van der Waals surface area contributed by atoms with Crippen LogP contribution in [0.5, 0.6) is 0 Å². The Balaban J connectivity index is 2.09. The van der Waals surface area contributed by atoms with Gasteiger partial charge in [0.2, 0.25) is 0 Å². The van der Waals surface area contributed by atoms with E-state index in [0.29, 0.717) is 6.04 Å². The van der Waals surface area contributed by atoms with Gasteiger partial charge in [0.05, 0.1) is 0 Å². The zero-order chi connectivity index (χ0) is 11.7. The smallest absolute Gasteiger partial charge is 0.0365 e. The molecule has 0 aliphatic heterocycles. The summed E-state index contributed by atoms with van der Waals surface area (Å²) in [7, 11) is 0. The summed E-state index contributed by atoms with van der Waals surface area (Å²) in [5.41, 5.74) is 9.10. The molecule has 0 spiro atoms. The summed E-state index contributed by atoms with van der Waals surface area (Å²) >= 11 is 0. The average molecular weight is 218 g/mol. The monoisotopic (exact) mass is 218 g/mol. The van der Waals surface area contributed by atoms with E-state index in [1.54, 1.807) is 0 Å². The lowest BCUT2D eigenvalue weighted by molar-refractivity contribution is 0.435. The van der Waals surface area contributed by atoms with Crippen molar-refractivity contribution in [3.8, 4) is 0 Å². The van der Waals surface area contributed by atoms with Crippen molar-refractivity contribution in [2.75, 3.05) is 11.1 Å². The van der Waals surface area contributed by atoms with Gasteiger partial charge in [-0.3, -0.25) is 0 Å². The molecule has 1 aliphatic rings. The molecule has 0 heterocycles. The molecule has 16 heavy (non-hydrogen) atoms. The van der Waals surface area contributed by atoms with E-state index >= 15 is 0 Å². The van der Waals surface area contributed by atoms with Crippen LogP contribution < -0.4 is 11.1 Å². The average Bonchev–Trinajstić information content (AvgIpc) is 2.48. The molecule has 3 N–H and O–H groups in total. The molecule has 1 saturated carbocycles. The van der Waals surface area contributed by atoms with E-state index < -0.39 is 0 Å². The van der Waals surface area contributed by atoms with Gasteiger partial charge >= 0.3 is 0 Å². The van der Waals surface area contributed by atoms with Crippen LogP contribution in [0.1, 0.15) is 32.3 Å². The lowest BCUT2D eigenvalue weighted by Crippen LogP contribution is -2.24. The molecule has 0 saturated heterocycles. The van der Waals surface area contributed by atoms with Crippen molar-refractivity contribution in [2.24, 2.45) is 11.8 Å². The molecule has 1 aromatic carbocycles. The second kappa shape index (κ2) is 4.36. The summed E-state index contributed by atoms with van der Waals surface area (Å²) in [6, 6.07) is 6.82. The number of anilines is 2. The van der Waals surface area contributed by atoms with Crippen molar-refractivity contribution in [1.82, 2.24) is 0 Å². The molecule has 88 valence electrons. The van der Waals surface area contributed by atoms with Gasteiger partial charge in [-0.05, 0) is 55.4 Å². The number of hydrogen-bond acceptors (Lipinski definition) is 2. The number of nitrogens with two attached hydrogens (primary N) is 1. The summed E-state index contributed by atoms with van der Waals surface area (Å²) in [6.07, 6.45) is 2.61. The van der Waals surface area contributed by atoms with Gasteiger partial charge in [-0.2, -0.15) is 0 Å². The van der Waals surface area contributed by atoms with Crippen LogP contribution in [-0.2, 0) is 0 Å². The van der Waals surface area contributed by atoms with Gasteiger partial charge in [-0.15, -0.1) is 0 Å². The zero-order valence-corrected chi connectivity index (χ0v) is 10.5. The molecule has 0 amide bonds. The Labute approximate surface area is 98.2 Å². The molecule has 2 rings (SSSR count). The molecule has 0 radical (unpaired) electrons. The number of rotatable bonds is 2. The fraction of sp³-hybridized carbons (Fsp3) is 0.571. The summed E-state index contributed by atoms with van der Waals surface area (Å²) in [6.45, 7) is 6.77. The Kier molecular flexibility index (Phi) is 3.08. The van der Waals surface area contributed by atoms with Crippen LogP contribution in [0, 0.1) is 18.8 Å². The molecule has 1 aliphatic carbocycles. The van der Waals surface area contributed by atoms with Gasteiger partial charge in [0, 0.05) is 17.4 Å². The third kappa shape index (κ3) is 2.31. The Morgan fingerprint density at radius 1 is 1.19 bits per heavy atom. The Bertz CT molecular complexity index is 353. The summed E-state index contributed by atoms with van der Waals surface area (Å²) in [4.78, 5) is 0. The third-order valence-electron chi connectivity index (χ3n) is 3.92. The standard InChI is InChI=1S/C14H22N2/c1-9-6-12(15)8-13(7-9)16-14-5-4-10(2)11(14)3/h6-8,10-11,14,16H,4-5,15H2,1-3H3. The predicted molar refractivity (Wildman–Crippen MR) is 70.6 cm³/mol. The normalized spacial score (nSPS) is 29.3. The second-order valence-corrected chi connectivity index (χ2v) is 5.30. The van der Waals surface area contributed by atoms with Crippen molar-refractivity contribution >= 4 is 11.4 Å². The third-order valence-corrected chi connectivity index (χ3v) is 3.92. The lowest BCUT2D eigenvalue weighted by Gasteiger charge is -2.21. The van der Waals surface area contributed by atoms with Crippen LogP contribution in [0.2, 0.25) is 0 Å². The number of hydrogen-bond donors (Lipinski definition) is 2. The maximum Gasteiger partial charge on any atom is 0.0365 e. The maximum atomic E-state index is 5.86. The first-order valence-electron chi connectivity index (χ1n) is 6.20. The van der Waals surface area contributed by atoms with E-state index in [9.17, 15) is 0 Å². The van der Waals surface area contributed by atoms with Crippen LogP contribution >= 0.6 is 0 Å². The van der Waals surface area contributed by atoms with Crippen molar-refractivity contribution in [2.45, 2.75) is 39.7 Å². The van der Waals surface area contributed by atoms with Crippen LogP contribution in [0.25, 0.3) is 0 Å². The Morgan fingerprint density at radius 2 is 1.94 bits per heavy atom. The van der Waals surface area contributed by atoms with Crippen LogP contribution in [0.15, 0.2) is 18.2 Å². The van der Waals surface area contributed by atoms with Gasteiger partial charge in [0.15, 0.2) is 0 Å². The minimum Gasteiger partial charge on any atom is -0.399 e. The van der Waals surface area contributed by atoms with Crippen molar-refractivity contribution in [3.05, 3.63) is 23.8 Å². The minimum absolute atomic E-state index is 0.608. The second-order valence-electron chi connectivity index (χ2n) is 5.30. The lowest BCUT2D eigenvalue weighted by atomic mass is 9.97. The van der Waals surface area contributed by atoms with E-state index in [0.717, 1.165) is 17.5 Å². The quantitative estimate of drug-likeness (QED) is 0.746. The van der Waals surface area contributed by atoms with E-state index in [1.807, 2.05) is 12.1 Å². The first kappa shape index (κ1) is 11.3. The minimum atomic E-state index is 0.608. The van der Waals surface area contributed by atoms with Gasteiger partial charge in [0.1, 0.15) is 0 Å². The summed E-state index contributed by atoms with van der Waals surface area (Å²) in [5, 5.41) is 3.62. The number of benzene rings is 1. The molecule has 2 nitrogen and oxygen atoms in total. The molecule has 0 aromatic heterocycles. The number of aryl methyl sites for hydroxylation is 1. The SMILES string of the molecule is Cc1cc(N)cc(NC2CCC(C)C2C)c1. The predicted octanol–water partition coefficient (Wildman–Crippen LogP) is 3.42. The zero-order valence-electron chi connectivity index (χ0n) is 10.5. The number of nitrogens with one attached hydrogen (secondary N) is 1. The maximum absolute atomic E-state index is 5.86. The van der Waals surface area contributed by atoms with E-state index in [2.05, 4.69) is 32.2 Å². The van der Waals surface area contributed by atoms with Crippen LogP contribution in [0.4, 0.5) is 11.4 Å². The summed E-state index contributed by atoms with van der Waals surface area (Å²) in [5.74, 6) is 1.58. The van der Waals surface area contributed by atoms with Crippen LogP contribution in [0.3, 0.4) is 0 Å². The van der Waals surface area contributed by atoms with Crippen molar-refractivity contribution < 1.29 is 0 Å². The van der Waals surface area contributed by atoms with Gasteiger partial charge in [-0.25, -0.2) is 0 Å². The molecule has 2 heteroatoms. The van der Waals surface area contributed by atoms with E-state index in [4.69, 9.17) is 5.73 Å². The highest BCUT2D eigenvalue weighted by molar-refractivity contribution is 5.57. The fourth-order valence-corrected chi connectivity index (χ4v) is 2.68. The van der Waals surface area contributed by atoms with Gasteiger partial charge in [0.25, 0.3) is 0 Å². The van der Waals surface area contributed by atoms with E-state index in [-0.39, 0.29) is 0 Å². The first-order valence-corrected chi connectivity index (χ1v) is 6.20. The Hall–Kier alpha value is -1.18. The van der Waals surface area contributed by atoms with E-state index in [1.165, 1.54) is 24.1 Å². The van der Waals surface area contributed by atoms with Crippen molar-refractivity contribution in [3.63, 3.8) is 0 Å².